The van der Waals surface area contributed by atoms with E-state index in [1.54, 1.807) is 24.3 Å². The Morgan fingerprint density at radius 1 is 1.20 bits per heavy atom. The highest BCUT2D eigenvalue weighted by atomic mass is 19.1. The molecule has 0 saturated heterocycles. The molecular formula is C18H14FN3O3. The summed E-state index contributed by atoms with van der Waals surface area (Å²) < 4.78 is 19.3. The number of aromatic nitrogens is 2. The van der Waals surface area contributed by atoms with Gasteiger partial charge in [0.25, 0.3) is 5.69 Å². The van der Waals surface area contributed by atoms with Crippen LogP contribution in [0.5, 0.6) is 11.6 Å². The lowest BCUT2D eigenvalue weighted by molar-refractivity contribution is -0.607. The van der Waals surface area contributed by atoms with Gasteiger partial charge in [-0.2, -0.15) is 4.73 Å². The van der Waals surface area contributed by atoms with Crippen molar-refractivity contribution in [2.24, 2.45) is 0 Å². The Bertz CT molecular complexity index is 902. The van der Waals surface area contributed by atoms with E-state index >= 15 is 0 Å². The smallest absolute Gasteiger partial charge is 0.317 e. The third kappa shape index (κ3) is 4.08. The van der Waals surface area contributed by atoms with Crippen molar-refractivity contribution < 1.29 is 18.7 Å². The molecule has 6 nitrogen and oxygen atoms in total. The lowest BCUT2D eigenvalue weighted by atomic mass is 10.2. The molecule has 0 aliphatic carbocycles. The maximum atomic E-state index is 13.3. The molecule has 0 saturated carbocycles. The molecule has 0 atom stereocenters. The summed E-state index contributed by atoms with van der Waals surface area (Å²) in [5, 5.41) is 14.2. The summed E-state index contributed by atoms with van der Waals surface area (Å²) in [5.74, 6) is -0.397. The summed E-state index contributed by atoms with van der Waals surface area (Å²) in [6.07, 6.45) is 2.78. The van der Waals surface area contributed by atoms with Crippen LogP contribution in [0.15, 0.2) is 67.0 Å². The zero-order valence-electron chi connectivity index (χ0n) is 13.1. The maximum absolute atomic E-state index is 13.3. The van der Waals surface area contributed by atoms with Gasteiger partial charge in [-0.15, -0.1) is 0 Å². The van der Waals surface area contributed by atoms with Gasteiger partial charge < -0.3 is 15.3 Å². The quantitative estimate of drug-likeness (QED) is 0.572. The second-order valence-electron chi connectivity index (χ2n) is 5.12. The van der Waals surface area contributed by atoms with Crippen molar-refractivity contribution in [2.75, 3.05) is 0 Å². The Morgan fingerprint density at radius 2 is 2.08 bits per heavy atom. The van der Waals surface area contributed by atoms with Gasteiger partial charge in [0.2, 0.25) is 5.88 Å². The van der Waals surface area contributed by atoms with Gasteiger partial charge in [0.1, 0.15) is 11.6 Å². The number of carbonyl (C=O) groups excluding carboxylic acids is 1. The molecule has 1 aromatic carbocycles. The number of hydrogen-bond acceptors (Lipinski definition) is 4. The minimum atomic E-state index is -0.517. The van der Waals surface area contributed by atoms with Gasteiger partial charge >= 0.3 is 5.91 Å². The monoisotopic (exact) mass is 339 g/mol. The van der Waals surface area contributed by atoms with Crippen LogP contribution in [0, 0.1) is 11.0 Å². The molecule has 0 fully saturated rings. The van der Waals surface area contributed by atoms with Crippen LogP contribution in [0.2, 0.25) is 0 Å². The normalized spacial score (nSPS) is 10.3. The van der Waals surface area contributed by atoms with Crippen molar-refractivity contribution in [3.8, 4) is 11.6 Å². The molecule has 0 aliphatic rings. The molecule has 1 amide bonds. The van der Waals surface area contributed by atoms with E-state index in [1.165, 1.54) is 42.7 Å². The lowest BCUT2D eigenvalue weighted by Gasteiger charge is -2.10. The zero-order chi connectivity index (χ0) is 17.6. The number of nitrogens with zero attached hydrogens (tertiary/aromatic N) is 2. The predicted molar refractivity (Wildman–Crippen MR) is 87.3 cm³/mol. The summed E-state index contributed by atoms with van der Waals surface area (Å²) in [6.45, 7) is 0.103. The van der Waals surface area contributed by atoms with Gasteiger partial charge in [-0.05, 0) is 24.3 Å². The minimum Gasteiger partial charge on any atom is -0.618 e. The summed E-state index contributed by atoms with van der Waals surface area (Å²) in [7, 11) is 0. The van der Waals surface area contributed by atoms with E-state index in [-0.39, 0.29) is 18.1 Å². The van der Waals surface area contributed by atoms with Crippen LogP contribution in [0.3, 0.4) is 0 Å². The number of carbonyl (C=O) groups is 1. The molecule has 1 N–H and O–H groups in total. The number of ether oxygens (including phenoxy) is 1. The van der Waals surface area contributed by atoms with Crippen LogP contribution in [0.1, 0.15) is 16.1 Å². The van der Waals surface area contributed by atoms with Gasteiger partial charge in [0.15, 0.2) is 6.20 Å². The molecule has 7 heteroatoms. The van der Waals surface area contributed by atoms with Crippen LogP contribution in [-0.2, 0) is 6.54 Å². The molecular weight excluding hydrogens is 325 g/mol. The second kappa shape index (κ2) is 7.39. The highest BCUT2D eigenvalue weighted by Gasteiger charge is 2.15. The SMILES string of the molecule is O=C(NCc1cccnc1Oc1cccc(F)c1)c1cccc[n+]1[O-]. The van der Waals surface area contributed by atoms with Gasteiger partial charge in [-0.1, -0.05) is 12.1 Å². The first kappa shape index (κ1) is 16.4. The van der Waals surface area contributed by atoms with Crippen LogP contribution in [0.25, 0.3) is 0 Å². The minimum absolute atomic E-state index is 0.0148. The van der Waals surface area contributed by atoms with E-state index in [9.17, 15) is 14.4 Å². The molecule has 3 rings (SSSR count). The third-order valence-electron chi connectivity index (χ3n) is 3.36. The molecule has 2 aromatic heterocycles. The molecule has 126 valence electrons. The number of halogens is 1. The Kier molecular flexibility index (Phi) is 4.84. The number of pyridine rings is 2. The standard InChI is InChI=1S/C18H14FN3O3/c19-14-6-3-7-15(11-14)25-18-13(5-4-9-20-18)12-21-17(23)16-8-1-2-10-22(16)24/h1-11H,12H2,(H,21,23). The highest BCUT2D eigenvalue weighted by molar-refractivity contribution is 5.90. The largest absolute Gasteiger partial charge is 0.618 e. The fourth-order valence-corrected chi connectivity index (χ4v) is 2.16. The first-order chi connectivity index (χ1) is 12.1. The molecule has 0 bridgehead atoms. The van der Waals surface area contributed by atoms with Crippen molar-refractivity contribution in [3.05, 3.63) is 89.3 Å². The van der Waals surface area contributed by atoms with E-state index in [1.807, 2.05) is 0 Å². The van der Waals surface area contributed by atoms with Crippen molar-refractivity contribution in [1.29, 1.82) is 0 Å². The molecule has 0 radical (unpaired) electrons. The topological polar surface area (TPSA) is 78.2 Å². The average Bonchev–Trinajstić information content (AvgIpc) is 2.61. The number of hydrogen-bond donors (Lipinski definition) is 1. The van der Waals surface area contributed by atoms with Gasteiger partial charge in [-0.3, -0.25) is 4.79 Å². The van der Waals surface area contributed by atoms with Gasteiger partial charge in [0, 0.05) is 36.5 Å². The summed E-state index contributed by atoms with van der Waals surface area (Å²) in [5.41, 5.74) is 0.576. The number of nitrogens with one attached hydrogen (secondary N) is 1. The van der Waals surface area contributed by atoms with Crippen LogP contribution in [0.4, 0.5) is 4.39 Å². The van der Waals surface area contributed by atoms with E-state index in [0.29, 0.717) is 16.0 Å². The van der Waals surface area contributed by atoms with Gasteiger partial charge in [-0.25, -0.2) is 9.37 Å². The van der Waals surface area contributed by atoms with Crippen LogP contribution in [-0.4, -0.2) is 10.9 Å². The number of rotatable bonds is 5. The number of amides is 1. The lowest BCUT2D eigenvalue weighted by Crippen LogP contribution is -2.38. The number of benzene rings is 1. The summed E-state index contributed by atoms with van der Waals surface area (Å²) in [6, 6.07) is 13.7. The first-order valence-corrected chi connectivity index (χ1v) is 7.47. The van der Waals surface area contributed by atoms with E-state index in [4.69, 9.17) is 4.74 Å². The Balaban J connectivity index is 1.73. The molecule has 0 aliphatic heterocycles. The van der Waals surface area contributed by atoms with E-state index in [0.717, 1.165) is 0 Å². The second-order valence-corrected chi connectivity index (χ2v) is 5.12. The predicted octanol–water partition coefficient (Wildman–Crippen LogP) is 2.58. The Morgan fingerprint density at radius 3 is 2.88 bits per heavy atom. The van der Waals surface area contributed by atoms with Crippen molar-refractivity contribution in [2.45, 2.75) is 6.54 Å². The third-order valence-corrected chi connectivity index (χ3v) is 3.36. The molecule has 3 aromatic rings. The Labute approximate surface area is 143 Å². The average molecular weight is 339 g/mol. The fourth-order valence-electron chi connectivity index (χ4n) is 2.16. The van der Waals surface area contributed by atoms with Crippen LogP contribution < -0.4 is 14.8 Å². The van der Waals surface area contributed by atoms with Crippen LogP contribution >= 0.6 is 0 Å². The highest BCUT2D eigenvalue weighted by Crippen LogP contribution is 2.23. The van der Waals surface area contributed by atoms with E-state index in [2.05, 4.69) is 10.3 Å². The molecule has 0 spiro atoms. The van der Waals surface area contributed by atoms with Gasteiger partial charge in [0.05, 0.1) is 0 Å². The molecule has 25 heavy (non-hydrogen) atoms. The summed E-state index contributed by atoms with van der Waals surface area (Å²) >= 11 is 0. The first-order valence-electron chi connectivity index (χ1n) is 7.47. The summed E-state index contributed by atoms with van der Waals surface area (Å²) in [4.78, 5) is 16.2. The van der Waals surface area contributed by atoms with Crippen molar-refractivity contribution in [1.82, 2.24) is 10.3 Å². The maximum Gasteiger partial charge on any atom is 0.317 e. The van der Waals surface area contributed by atoms with Crippen molar-refractivity contribution in [3.63, 3.8) is 0 Å². The molecule has 0 unspecified atom stereocenters. The fraction of sp³-hybridized carbons (Fsp3) is 0.0556. The van der Waals surface area contributed by atoms with Crippen molar-refractivity contribution >= 4 is 5.91 Å². The zero-order valence-corrected chi connectivity index (χ0v) is 13.1. The Hall–Kier alpha value is -3.48. The molecule has 2 heterocycles. The van der Waals surface area contributed by atoms with E-state index < -0.39 is 11.7 Å².